The monoisotopic (exact) mass is 340 g/mol. The first-order valence-corrected chi connectivity index (χ1v) is 7.72. The predicted molar refractivity (Wildman–Crippen MR) is 90.0 cm³/mol. The predicted octanol–water partition coefficient (Wildman–Crippen LogP) is 2.34. The Bertz CT molecular complexity index is 890. The van der Waals surface area contributed by atoms with E-state index in [1.54, 1.807) is 30.3 Å². The SMILES string of the molecule is Cc1nc(-c2ccc(C(=O)NCc3ccc(F)c(CO)c3)cc2)n[nH]1. The standard InChI is InChI=1S/C18H17FN4O2/c1-11-21-17(23-22-11)13-3-5-14(6-4-13)18(25)20-9-12-2-7-16(19)15(8-12)10-24/h2-8,24H,9-10H2,1H3,(H,20,25)(H,21,22,23). The van der Waals surface area contributed by atoms with Crippen LogP contribution in [0.25, 0.3) is 11.4 Å². The van der Waals surface area contributed by atoms with Gasteiger partial charge in [0, 0.05) is 23.2 Å². The summed E-state index contributed by atoms with van der Waals surface area (Å²) < 4.78 is 13.4. The lowest BCUT2D eigenvalue weighted by Gasteiger charge is -2.08. The van der Waals surface area contributed by atoms with Crippen molar-refractivity contribution in [1.29, 1.82) is 0 Å². The van der Waals surface area contributed by atoms with Crippen LogP contribution >= 0.6 is 0 Å². The number of hydrogen-bond donors (Lipinski definition) is 3. The molecule has 0 atom stereocenters. The molecule has 3 aromatic rings. The van der Waals surface area contributed by atoms with Crippen LogP contribution in [0.4, 0.5) is 4.39 Å². The molecule has 2 aromatic carbocycles. The molecule has 0 unspecified atom stereocenters. The van der Waals surface area contributed by atoms with Gasteiger partial charge in [-0.3, -0.25) is 9.89 Å². The summed E-state index contributed by atoms with van der Waals surface area (Å²) in [6.07, 6.45) is 0. The number of hydrogen-bond acceptors (Lipinski definition) is 4. The number of benzene rings is 2. The third-order valence-electron chi connectivity index (χ3n) is 3.74. The van der Waals surface area contributed by atoms with Gasteiger partial charge in [-0.05, 0) is 36.8 Å². The van der Waals surface area contributed by atoms with Gasteiger partial charge < -0.3 is 10.4 Å². The molecule has 0 bridgehead atoms. The Morgan fingerprint density at radius 3 is 2.64 bits per heavy atom. The summed E-state index contributed by atoms with van der Waals surface area (Å²) >= 11 is 0. The summed E-state index contributed by atoms with van der Waals surface area (Å²) in [6, 6.07) is 11.3. The molecule has 3 N–H and O–H groups in total. The van der Waals surface area contributed by atoms with Gasteiger partial charge in [0.2, 0.25) is 0 Å². The van der Waals surface area contributed by atoms with Gasteiger partial charge in [0.05, 0.1) is 6.61 Å². The highest BCUT2D eigenvalue weighted by atomic mass is 19.1. The van der Waals surface area contributed by atoms with Gasteiger partial charge in [-0.1, -0.05) is 18.2 Å². The molecule has 3 rings (SSSR count). The summed E-state index contributed by atoms with van der Waals surface area (Å²) in [5.74, 6) is 0.591. The lowest BCUT2D eigenvalue weighted by molar-refractivity contribution is 0.0951. The maximum Gasteiger partial charge on any atom is 0.251 e. The second kappa shape index (κ2) is 7.23. The van der Waals surface area contributed by atoms with Crippen LogP contribution in [0.2, 0.25) is 0 Å². The van der Waals surface area contributed by atoms with Gasteiger partial charge in [0.25, 0.3) is 5.91 Å². The van der Waals surface area contributed by atoms with Crippen molar-refractivity contribution in [3.05, 3.63) is 70.8 Å². The zero-order chi connectivity index (χ0) is 17.8. The number of H-pyrrole nitrogens is 1. The number of aromatic nitrogens is 3. The van der Waals surface area contributed by atoms with E-state index in [0.29, 0.717) is 17.0 Å². The van der Waals surface area contributed by atoms with Crippen LogP contribution in [0.15, 0.2) is 42.5 Å². The number of carbonyl (C=O) groups is 1. The highest BCUT2D eigenvalue weighted by molar-refractivity contribution is 5.94. The van der Waals surface area contributed by atoms with Gasteiger partial charge in [-0.25, -0.2) is 9.37 Å². The van der Waals surface area contributed by atoms with Crippen LogP contribution in [0.3, 0.4) is 0 Å². The Balaban J connectivity index is 1.65. The number of aromatic amines is 1. The summed E-state index contributed by atoms with van der Waals surface area (Å²) in [5.41, 5.74) is 2.23. The van der Waals surface area contributed by atoms with E-state index in [4.69, 9.17) is 5.11 Å². The molecule has 1 amide bonds. The van der Waals surface area contributed by atoms with Crippen molar-refractivity contribution in [3.8, 4) is 11.4 Å². The molecular formula is C18H17FN4O2. The second-order valence-corrected chi connectivity index (χ2v) is 5.59. The Kier molecular flexibility index (Phi) is 4.85. The fourth-order valence-corrected chi connectivity index (χ4v) is 2.39. The van der Waals surface area contributed by atoms with Gasteiger partial charge in [-0.15, -0.1) is 0 Å². The first kappa shape index (κ1) is 16.8. The molecule has 0 radical (unpaired) electrons. The molecule has 0 spiro atoms. The number of nitrogens with one attached hydrogen (secondary N) is 2. The zero-order valence-electron chi connectivity index (χ0n) is 13.6. The lowest BCUT2D eigenvalue weighted by atomic mass is 10.1. The number of aliphatic hydroxyl groups excluding tert-OH is 1. The van der Waals surface area contributed by atoms with Gasteiger partial charge in [0.1, 0.15) is 11.6 Å². The molecule has 0 saturated heterocycles. The minimum Gasteiger partial charge on any atom is -0.392 e. The van der Waals surface area contributed by atoms with Crippen LogP contribution in [0.1, 0.15) is 27.3 Å². The Morgan fingerprint density at radius 2 is 2.00 bits per heavy atom. The molecule has 0 aliphatic carbocycles. The average Bonchev–Trinajstić information content (AvgIpc) is 3.07. The van der Waals surface area contributed by atoms with E-state index in [2.05, 4.69) is 20.5 Å². The highest BCUT2D eigenvalue weighted by Crippen LogP contribution is 2.16. The molecule has 1 heterocycles. The third-order valence-corrected chi connectivity index (χ3v) is 3.74. The average molecular weight is 340 g/mol. The van der Waals surface area contributed by atoms with Crippen molar-refractivity contribution in [2.45, 2.75) is 20.1 Å². The first-order valence-electron chi connectivity index (χ1n) is 7.72. The summed E-state index contributed by atoms with van der Waals surface area (Å²) in [7, 11) is 0. The zero-order valence-corrected chi connectivity index (χ0v) is 13.6. The first-order chi connectivity index (χ1) is 12.1. The lowest BCUT2D eigenvalue weighted by Crippen LogP contribution is -2.22. The largest absolute Gasteiger partial charge is 0.392 e. The fourth-order valence-electron chi connectivity index (χ4n) is 2.39. The molecule has 0 aliphatic rings. The molecule has 6 nitrogen and oxygen atoms in total. The Hall–Kier alpha value is -3.06. The fraction of sp³-hybridized carbons (Fsp3) is 0.167. The number of nitrogens with zero attached hydrogens (tertiary/aromatic N) is 2. The van der Waals surface area contributed by atoms with Gasteiger partial charge in [0.15, 0.2) is 5.82 Å². The summed E-state index contributed by atoms with van der Waals surface area (Å²) in [5, 5.41) is 18.7. The van der Waals surface area contributed by atoms with Crippen molar-refractivity contribution in [3.63, 3.8) is 0 Å². The molecule has 0 saturated carbocycles. The van der Waals surface area contributed by atoms with E-state index in [1.807, 2.05) is 6.92 Å². The van der Waals surface area contributed by atoms with E-state index in [0.717, 1.165) is 11.4 Å². The van der Waals surface area contributed by atoms with E-state index >= 15 is 0 Å². The van der Waals surface area contributed by atoms with E-state index in [9.17, 15) is 9.18 Å². The molecule has 0 fully saturated rings. The minimum atomic E-state index is -0.463. The molecule has 1 aromatic heterocycles. The number of aryl methyl sites for hydroxylation is 1. The van der Waals surface area contributed by atoms with Crippen LogP contribution in [0.5, 0.6) is 0 Å². The van der Waals surface area contributed by atoms with Gasteiger partial charge >= 0.3 is 0 Å². The quantitative estimate of drug-likeness (QED) is 0.665. The summed E-state index contributed by atoms with van der Waals surface area (Å²) in [4.78, 5) is 16.5. The van der Waals surface area contributed by atoms with Crippen molar-refractivity contribution >= 4 is 5.91 Å². The minimum absolute atomic E-state index is 0.206. The maximum atomic E-state index is 13.4. The topological polar surface area (TPSA) is 90.9 Å². The second-order valence-electron chi connectivity index (χ2n) is 5.59. The van der Waals surface area contributed by atoms with Gasteiger partial charge in [-0.2, -0.15) is 5.10 Å². The number of amides is 1. The normalized spacial score (nSPS) is 10.7. The number of aliphatic hydroxyl groups is 1. The molecule has 0 aliphatic heterocycles. The molecule has 7 heteroatoms. The number of rotatable bonds is 5. The molecule has 25 heavy (non-hydrogen) atoms. The van der Waals surface area contributed by atoms with E-state index in [1.165, 1.54) is 12.1 Å². The number of halogens is 1. The Labute approximate surface area is 143 Å². The van der Waals surface area contributed by atoms with Crippen LogP contribution in [-0.2, 0) is 13.2 Å². The smallest absolute Gasteiger partial charge is 0.251 e. The molecular weight excluding hydrogens is 323 g/mol. The van der Waals surface area contributed by atoms with Crippen molar-refractivity contribution in [2.75, 3.05) is 0 Å². The van der Waals surface area contributed by atoms with Crippen LogP contribution in [0, 0.1) is 12.7 Å². The summed E-state index contributed by atoms with van der Waals surface area (Å²) in [6.45, 7) is 1.68. The third kappa shape index (κ3) is 3.89. The van der Waals surface area contributed by atoms with Crippen molar-refractivity contribution in [1.82, 2.24) is 20.5 Å². The Morgan fingerprint density at radius 1 is 1.24 bits per heavy atom. The van der Waals surface area contributed by atoms with E-state index < -0.39 is 5.82 Å². The number of carbonyl (C=O) groups excluding carboxylic acids is 1. The highest BCUT2D eigenvalue weighted by Gasteiger charge is 2.09. The maximum absolute atomic E-state index is 13.4. The van der Waals surface area contributed by atoms with Crippen molar-refractivity contribution < 1.29 is 14.3 Å². The van der Waals surface area contributed by atoms with E-state index in [-0.39, 0.29) is 24.6 Å². The van der Waals surface area contributed by atoms with Crippen LogP contribution < -0.4 is 5.32 Å². The van der Waals surface area contributed by atoms with Crippen LogP contribution in [-0.4, -0.2) is 26.2 Å². The van der Waals surface area contributed by atoms with Crippen molar-refractivity contribution in [2.24, 2.45) is 0 Å². The molecule has 128 valence electrons.